The van der Waals surface area contributed by atoms with Gasteiger partial charge in [0.2, 0.25) is 0 Å². The molecule has 0 saturated heterocycles. The van der Waals surface area contributed by atoms with E-state index in [9.17, 15) is 9.59 Å². The second-order valence-electron chi connectivity index (χ2n) is 7.38. The zero-order valence-electron chi connectivity index (χ0n) is 17.3. The van der Waals surface area contributed by atoms with E-state index in [4.69, 9.17) is 10.7 Å². The van der Waals surface area contributed by atoms with Crippen molar-refractivity contribution in [1.82, 2.24) is 4.98 Å². The lowest BCUT2D eigenvalue weighted by molar-refractivity contribution is 0.100. The molecule has 31 heavy (non-hydrogen) atoms. The maximum atomic E-state index is 13.2. The maximum absolute atomic E-state index is 13.2. The fourth-order valence-electron chi connectivity index (χ4n) is 3.64. The molecule has 0 radical (unpaired) electrons. The molecule has 0 aliphatic heterocycles. The quantitative estimate of drug-likeness (QED) is 0.459. The zero-order valence-corrected chi connectivity index (χ0v) is 17.3. The Balaban J connectivity index is 1.76. The lowest BCUT2D eigenvalue weighted by atomic mass is 10.0. The molecular formula is C26H23N3O2. The van der Waals surface area contributed by atoms with Gasteiger partial charge in [0.25, 0.3) is 11.8 Å². The van der Waals surface area contributed by atoms with Crippen molar-refractivity contribution in [3.63, 3.8) is 0 Å². The molecular weight excluding hydrogens is 386 g/mol. The number of para-hydroxylation sites is 2. The molecule has 5 heteroatoms. The van der Waals surface area contributed by atoms with Gasteiger partial charge in [-0.2, -0.15) is 0 Å². The monoisotopic (exact) mass is 409 g/mol. The van der Waals surface area contributed by atoms with E-state index in [1.54, 1.807) is 30.3 Å². The fraction of sp³-hybridized carbons (Fsp3) is 0.115. The number of aryl methyl sites for hydroxylation is 1. The highest BCUT2D eigenvalue weighted by Crippen LogP contribution is 2.26. The number of hydrogen-bond donors (Lipinski definition) is 2. The standard InChI is InChI=1S/C26H23N3O2/c1-2-7-17-12-14-18(15-13-17)24-16-21(19-8-3-5-10-22(19)28-24)26(31)29-23-11-6-4-9-20(23)25(27)30/h3-6,8-16H,2,7H2,1H3,(H2,27,30)(H,29,31). The van der Waals surface area contributed by atoms with Crippen LogP contribution in [0, 0.1) is 0 Å². The summed E-state index contributed by atoms with van der Waals surface area (Å²) in [7, 11) is 0. The Morgan fingerprint density at radius 1 is 0.903 bits per heavy atom. The third-order valence-corrected chi connectivity index (χ3v) is 5.19. The van der Waals surface area contributed by atoms with E-state index in [-0.39, 0.29) is 11.5 Å². The molecule has 0 unspecified atom stereocenters. The highest BCUT2D eigenvalue weighted by atomic mass is 16.2. The number of amides is 2. The number of carbonyl (C=O) groups excluding carboxylic acids is 2. The van der Waals surface area contributed by atoms with E-state index in [2.05, 4.69) is 24.4 Å². The normalized spacial score (nSPS) is 10.7. The van der Waals surface area contributed by atoms with Gasteiger partial charge >= 0.3 is 0 Å². The number of nitrogens with two attached hydrogens (primary N) is 1. The largest absolute Gasteiger partial charge is 0.366 e. The Labute approximate surface area is 180 Å². The van der Waals surface area contributed by atoms with Crippen molar-refractivity contribution in [2.75, 3.05) is 5.32 Å². The Morgan fingerprint density at radius 3 is 2.35 bits per heavy atom. The summed E-state index contributed by atoms with van der Waals surface area (Å²) in [6.07, 6.45) is 2.11. The first-order valence-corrected chi connectivity index (χ1v) is 10.3. The van der Waals surface area contributed by atoms with Crippen molar-refractivity contribution >= 4 is 28.4 Å². The summed E-state index contributed by atoms with van der Waals surface area (Å²) in [6, 6.07) is 24.3. The molecule has 0 bridgehead atoms. The lowest BCUT2D eigenvalue weighted by Crippen LogP contribution is -2.18. The van der Waals surface area contributed by atoms with Gasteiger partial charge in [-0.3, -0.25) is 9.59 Å². The molecule has 0 saturated carbocycles. The number of nitrogens with zero attached hydrogens (tertiary/aromatic N) is 1. The molecule has 1 aromatic heterocycles. The van der Waals surface area contributed by atoms with Crippen LogP contribution < -0.4 is 11.1 Å². The molecule has 3 aromatic carbocycles. The van der Waals surface area contributed by atoms with Gasteiger partial charge in [-0.15, -0.1) is 0 Å². The summed E-state index contributed by atoms with van der Waals surface area (Å²) >= 11 is 0. The number of primary amides is 1. The minimum atomic E-state index is -0.594. The van der Waals surface area contributed by atoms with Crippen molar-refractivity contribution in [2.24, 2.45) is 5.73 Å². The van der Waals surface area contributed by atoms with E-state index in [0.717, 1.165) is 35.0 Å². The molecule has 0 fully saturated rings. The minimum absolute atomic E-state index is 0.265. The van der Waals surface area contributed by atoms with E-state index in [1.165, 1.54) is 5.56 Å². The van der Waals surface area contributed by atoms with Crippen LogP contribution in [0.4, 0.5) is 5.69 Å². The van der Waals surface area contributed by atoms with Crippen LogP contribution in [-0.4, -0.2) is 16.8 Å². The summed E-state index contributed by atoms with van der Waals surface area (Å²) in [4.78, 5) is 29.7. The van der Waals surface area contributed by atoms with Gasteiger partial charge in [0.15, 0.2) is 0 Å². The smallest absolute Gasteiger partial charge is 0.256 e. The summed E-state index contributed by atoms with van der Waals surface area (Å²) in [5.74, 6) is -0.917. The zero-order chi connectivity index (χ0) is 21.8. The molecule has 0 spiro atoms. The molecule has 1 heterocycles. The van der Waals surface area contributed by atoms with Crippen LogP contribution in [0.15, 0.2) is 78.9 Å². The molecule has 0 aliphatic rings. The molecule has 154 valence electrons. The van der Waals surface area contributed by atoms with Crippen LogP contribution in [-0.2, 0) is 6.42 Å². The number of rotatable bonds is 6. The van der Waals surface area contributed by atoms with Crippen LogP contribution in [0.25, 0.3) is 22.2 Å². The number of pyridine rings is 1. The Hall–Kier alpha value is -3.99. The summed E-state index contributed by atoms with van der Waals surface area (Å²) in [5, 5.41) is 3.58. The van der Waals surface area contributed by atoms with Crippen LogP contribution in [0.3, 0.4) is 0 Å². The predicted octanol–water partition coefficient (Wildman–Crippen LogP) is 5.21. The van der Waals surface area contributed by atoms with Gasteiger partial charge in [0.1, 0.15) is 0 Å². The molecule has 2 amide bonds. The number of fused-ring (bicyclic) bond motifs is 1. The number of aromatic nitrogens is 1. The first kappa shape index (κ1) is 20.3. The molecule has 0 atom stereocenters. The Bertz CT molecular complexity index is 1260. The molecule has 4 rings (SSSR count). The SMILES string of the molecule is CCCc1ccc(-c2cc(C(=O)Nc3ccccc3C(N)=O)c3ccccc3n2)cc1. The lowest BCUT2D eigenvalue weighted by Gasteiger charge is -2.12. The van der Waals surface area contributed by atoms with Crippen LogP contribution in [0.5, 0.6) is 0 Å². The maximum Gasteiger partial charge on any atom is 0.256 e. The van der Waals surface area contributed by atoms with Crippen molar-refractivity contribution in [2.45, 2.75) is 19.8 Å². The van der Waals surface area contributed by atoms with Gasteiger partial charge in [-0.05, 0) is 36.2 Å². The third-order valence-electron chi connectivity index (χ3n) is 5.19. The number of carbonyl (C=O) groups is 2. The number of anilines is 1. The second kappa shape index (κ2) is 8.79. The van der Waals surface area contributed by atoms with Gasteiger partial charge in [0.05, 0.1) is 28.0 Å². The fourth-order valence-corrected chi connectivity index (χ4v) is 3.64. The van der Waals surface area contributed by atoms with Crippen molar-refractivity contribution in [1.29, 1.82) is 0 Å². The molecule has 3 N–H and O–H groups in total. The van der Waals surface area contributed by atoms with E-state index in [1.807, 2.05) is 36.4 Å². The average molecular weight is 409 g/mol. The van der Waals surface area contributed by atoms with Crippen LogP contribution in [0.1, 0.15) is 39.6 Å². The molecule has 5 nitrogen and oxygen atoms in total. The van der Waals surface area contributed by atoms with E-state index in [0.29, 0.717) is 11.3 Å². The Morgan fingerprint density at radius 2 is 1.61 bits per heavy atom. The van der Waals surface area contributed by atoms with Crippen LogP contribution in [0.2, 0.25) is 0 Å². The van der Waals surface area contributed by atoms with E-state index < -0.39 is 5.91 Å². The minimum Gasteiger partial charge on any atom is -0.366 e. The van der Waals surface area contributed by atoms with Gasteiger partial charge in [-0.1, -0.05) is 67.9 Å². The summed E-state index contributed by atoms with van der Waals surface area (Å²) in [5.41, 5.74) is 10.2. The highest BCUT2D eigenvalue weighted by Gasteiger charge is 2.16. The number of benzene rings is 3. The number of hydrogen-bond acceptors (Lipinski definition) is 3. The summed E-state index contributed by atoms with van der Waals surface area (Å²) in [6.45, 7) is 2.15. The van der Waals surface area contributed by atoms with Crippen molar-refractivity contribution in [3.05, 3.63) is 95.6 Å². The topological polar surface area (TPSA) is 85.1 Å². The van der Waals surface area contributed by atoms with Gasteiger partial charge in [0, 0.05) is 10.9 Å². The second-order valence-corrected chi connectivity index (χ2v) is 7.38. The van der Waals surface area contributed by atoms with E-state index >= 15 is 0 Å². The first-order chi connectivity index (χ1) is 15.1. The van der Waals surface area contributed by atoms with Gasteiger partial charge in [-0.25, -0.2) is 4.98 Å². The number of nitrogens with one attached hydrogen (secondary N) is 1. The highest BCUT2D eigenvalue weighted by molar-refractivity contribution is 6.14. The molecule has 0 aliphatic carbocycles. The Kier molecular flexibility index (Phi) is 5.76. The first-order valence-electron chi connectivity index (χ1n) is 10.3. The third kappa shape index (κ3) is 4.31. The van der Waals surface area contributed by atoms with Gasteiger partial charge < -0.3 is 11.1 Å². The van der Waals surface area contributed by atoms with Crippen LogP contribution >= 0.6 is 0 Å². The predicted molar refractivity (Wildman–Crippen MR) is 124 cm³/mol. The van der Waals surface area contributed by atoms with Crippen molar-refractivity contribution in [3.8, 4) is 11.3 Å². The van der Waals surface area contributed by atoms with Crippen molar-refractivity contribution < 1.29 is 9.59 Å². The molecule has 4 aromatic rings. The summed E-state index contributed by atoms with van der Waals surface area (Å²) < 4.78 is 0. The average Bonchev–Trinajstić information content (AvgIpc) is 2.79.